The average molecular weight is 302 g/mol. The Balaban J connectivity index is 2.62. The number of amides is 1. The maximum Gasteiger partial charge on any atom is 0.230 e. The van der Waals surface area contributed by atoms with Crippen LogP contribution in [0.25, 0.3) is 0 Å². The van der Waals surface area contributed by atoms with E-state index >= 15 is 0 Å². The van der Waals surface area contributed by atoms with Crippen LogP contribution in [0.15, 0.2) is 0 Å². The van der Waals surface area contributed by atoms with Gasteiger partial charge in [0, 0.05) is 19.5 Å². The molecule has 3 atom stereocenters. The number of carbonyl (C=O) groups is 2. The van der Waals surface area contributed by atoms with Gasteiger partial charge < -0.3 is 4.90 Å². The molecule has 0 aromatic heterocycles. The topological polar surface area (TPSA) is 37.4 Å². The van der Waals surface area contributed by atoms with E-state index in [-0.39, 0.29) is 27.3 Å². The van der Waals surface area contributed by atoms with Crippen LogP contribution in [0.2, 0.25) is 0 Å². The minimum atomic E-state index is -0.567. The maximum absolute atomic E-state index is 12.6. The van der Waals surface area contributed by atoms with Gasteiger partial charge in [-0.3, -0.25) is 9.59 Å². The Bertz CT molecular complexity index is 404. The molecule has 96 valence electrons. The zero-order chi connectivity index (χ0) is 13.2. The highest BCUT2D eigenvalue weighted by atomic mass is 79.9. The third-order valence-corrected chi connectivity index (χ3v) is 6.71. The van der Waals surface area contributed by atoms with Crippen molar-refractivity contribution in [2.24, 2.45) is 16.2 Å². The fourth-order valence-electron chi connectivity index (χ4n) is 3.82. The van der Waals surface area contributed by atoms with Gasteiger partial charge in [-0.1, -0.05) is 36.7 Å². The van der Waals surface area contributed by atoms with Crippen molar-refractivity contribution >= 4 is 27.6 Å². The van der Waals surface area contributed by atoms with E-state index in [1.54, 1.807) is 19.0 Å². The molecule has 0 aromatic carbocycles. The Morgan fingerprint density at radius 2 is 1.82 bits per heavy atom. The van der Waals surface area contributed by atoms with Crippen molar-refractivity contribution in [3.05, 3.63) is 0 Å². The molecular formula is C13H20BrNO2. The second-order valence-corrected chi connectivity index (χ2v) is 7.27. The predicted octanol–water partition coefficient (Wildman–Crippen LogP) is 2.23. The summed E-state index contributed by atoms with van der Waals surface area (Å²) in [4.78, 5) is 26.3. The van der Waals surface area contributed by atoms with Crippen molar-refractivity contribution in [1.82, 2.24) is 4.90 Å². The van der Waals surface area contributed by atoms with E-state index in [0.29, 0.717) is 0 Å². The number of hydrogen-bond acceptors (Lipinski definition) is 2. The first-order valence-corrected chi connectivity index (χ1v) is 6.94. The molecule has 2 rings (SSSR count). The second kappa shape index (κ2) is 3.34. The quantitative estimate of drug-likeness (QED) is 0.697. The highest BCUT2D eigenvalue weighted by molar-refractivity contribution is 9.10. The van der Waals surface area contributed by atoms with Crippen molar-refractivity contribution in [2.75, 3.05) is 14.1 Å². The van der Waals surface area contributed by atoms with Gasteiger partial charge in [-0.2, -0.15) is 0 Å². The van der Waals surface area contributed by atoms with Crippen LogP contribution in [0, 0.1) is 16.2 Å². The SMILES string of the molecule is CN(C)C(=O)[C@@]12CC[C@@](C)(C(=O)[C@H]1Br)C2(C)C. The molecule has 17 heavy (non-hydrogen) atoms. The summed E-state index contributed by atoms with van der Waals surface area (Å²) in [7, 11) is 3.54. The molecule has 4 heteroatoms. The molecule has 2 saturated carbocycles. The van der Waals surface area contributed by atoms with Crippen LogP contribution in [0.3, 0.4) is 0 Å². The van der Waals surface area contributed by atoms with E-state index in [1.165, 1.54) is 0 Å². The van der Waals surface area contributed by atoms with E-state index in [2.05, 4.69) is 29.8 Å². The number of rotatable bonds is 1. The normalized spacial score (nSPS) is 42.9. The van der Waals surface area contributed by atoms with Crippen LogP contribution in [0.1, 0.15) is 33.6 Å². The van der Waals surface area contributed by atoms with Gasteiger partial charge in [0.25, 0.3) is 0 Å². The summed E-state index contributed by atoms with van der Waals surface area (Å²) in [6.07, 6.45) is 1.62. The molecular weight excluding hydrogens is 282 g/mol. The lowest BCUT2D eigenvalue weighted by molar-refractivity contribution is -0.144. The molecule has 0 N–H and O–H groups in total. The molecule has 0 heterocycles. The van der Waals surface area contributed by atoms with Crippen LogP contribution < -0.4 is 0 Å². The Labute approximate surface area is 111 Å². The molecule has 1 amide bonds. The number of fused-ring (bicyclic) bond motifs is 2. The van der Waals surface area contributed by atoms with Crippen LogP contribution in [0.5, 0.6) is 0 Å². The summed E-state index contributed by atoms with van der Waals surface area (Å²) in [6, 6.07) is 0. The summed E-state index contributed by atoms with van der Waals surface area (Å²) in [5.74, 6) is 0.280. The lowest BCUT2D eigenvalue weighted by Crippen LogP contribution is -2.50. The Hall–Kier alpha value is -0.380. The summed E-state index contributed by atoms with van der Waals surface area (Å²) >= 11 is 3.50. The summed E-state index contributed by atoms with van der Waals surface area (Å²) in [5, 5.41) is 0. The number of carbonyl (C=O) groups excluding carboxylic acids is 2. The lowest BCUT2D eigenvalue weighted by atomic mass is 9.64. The van der Waals surface area contributed by atoms with Crippen molar-refractivity contribution in [2.45, 2.75) is 38.4 Å². The van der Waals surface area contributed by atoms with Gasteiger partial charge in [-0.05, 0) is 18.3 Å². The first kappa shape index (κ1) is 13.1. The number of Topliss-reactive ketones (excluding diaryl/α,β-unsaturated/α-hetero) is 1. The molecule has 0 aliphatic heterocycles. The third kappa shape index (κ3) is 1.13. The number of nitrogens with zero attached hydrogens (tertiary/aromatic N) is 1. The van der Waals surface area contributed by atoms with Crippen molar-refractivity contribution in [1.29, 1.82) is 0 Å². The minimum Gasteiger partial charge on any atom is -0.348 e. The largest absolute Gasteiger partial charge is 0.348 e. The van der Waals surface area contributed by atoms with E-state index in [9.17, 15) is 9.59 Å². The molecule has 0 saturated heterocycles. The first-order valence-electron chi connectivity index (χ1n) is 6.03. The molecule has 2 aliphatic carbocycles. The highest BCUT2D eigenvalue weighted by Crippen LogP contribution is 2.72. The summed E-state index contributed by atoms with van der Waals surface area (Å²) in [6.45, 7) is 6.16. The zero-order valence-corrected chi connectivity index (χ0v) is 12.7. The fraction of sp³-hybridized carbons (Fsp3) is 0.846. The van der Waals surface area contributed by atoms with E-state index in [1.807, 2.05) is 6.92 Å². The maximum atomic E-state index is 12.6. The van der Waals surface area contributed by atoms with Crippen molar-refractivity contribution in [3.8, 4) is 0 Å². The van der Waals surface area contributed by atoms with Crippen LogP contribution >= 0.6 is 15.9 Å². The summed E-state index contributed by atoms with van der Waals surface area (Å²) < 4.78 is 0. The molecule has 2 bridgehead atoms. The lowest BCUT2D eigenvalue weighted by Gasteiger charge is -2.41. The number of halogens is 1. The van der Waals surface area contributed by atoms with Crippen molar-refractivity contribution in [3.63, 3.8) is 0 Å². The van der Waals surface area contributed by atoms with Gasteiger partial charge >= 0.3 is 0 Å². The smallest absolute Gasteiger partial charge is 0.230 e. The Morgan fingerprint density at radius 1 is 1.29 bits per heavy atom. The minimum absolute atomic E-state index is 0.0824. The first-order chi connectivity index (χ1) is 7.63. The second-order valence-electron chi connectivity index (χ2n) is 6.35. The number of hydrogen-bond donors (Lipinski definition) is 0. The number of alkyl halides is 1. The van der Waals surface area contributed by atoms with Crippen LogP contribution in [-0.2, 0) is 9.59 Å². The van der Waals surface area contributed by atoms with Crippen molar-refractivity contribution < 1.29 is 9.59 Å². The van der Waals surface area contributed by atoms with E-state index < -0.39 is 5.41 Å². The van der Waals surface area contributed by atoms with Gasteiger partial charge in [0.2, 0.25) is 5.91 Å². The van der Waals surface area contributed by atoms with Gasteiger partial charge in [0.1, 0.15) is 0 Å². The van der Waals surface area contributed by atoms with Gasteiger partial charge in [-0.25, -0.2) is 0 Å². The molecule has 0 unspecified atom stereocenters. The van der Waals surface area contributed by atoms with Crippen LogP contribution in [-0.4, -0.2) is 35.5 Å². The highest BCUT2D eigenvalue weighted by Gasteiger charge is 2.76. The van der Waals surface area contributed by atoms with Gasteiger partial charge in [0.05, 0.1) is 10.2 Å². The summed E-state index contributed by atoms with van der Waals surface area (Å²) in [5.41, 5.74) is -1.22. The predicted molar refractivity (Wildman–Crippen MR) is 70.0 cm³/mol. The molecule has 0 aromatic rings. The van der Waals surface area contributed by atoms with E-state index in [0.717, 1.165) is 12.8 Å². The fourth-order valence-corrected chi connectivity index (χ4v) is 5.33. The molecule has 2 aliphatic rings. The molecule has 0 spiro atoms. The molecule has 3 nitrogen and oxygen atoms in total. The Kier molecular flexibility index (Phi) is 2.57. The average Bonchev–Trinajstić information content (AvgIpc) is 2.50. The van der Waals surface area contributed by atoms with E-state index in [4.69, 9.17) is 0 Å². The number of ketones is 1. The Morgan fingerprint density at radius 3 is 2.18 bits per heavy atom. The molecule has 0 radical (unpaired) electrons. The molecule has 2 fully saturated rings. The monoisotopic (exact) mass is 301 g/mol. The zero-order valence-electron chi connectivity index (χ0n) is 11.1. The van der Waals surface area contributed by atoms with Crippen LogP contribution in [0.4, 0.5) is 0 Å². The standard InChI is InChI=1S/C13H20BrNO2/c1-11(2)12(3)6-7-13(11,8(14)9(12)16)10(17)15(4)5/h8H,6-7H2,1-5H3/t8-,12+,13-/m1/s1. The van der Waals surface area contributed by atoms with Gasteiger partial charge in [0.15, 0.2) is 5.78 Å². The third-order valence-electron chi connectivity index (χ3n) is 5.51. The van der Waals surface area contributed by atoms with Gasteiger partial charge in [-0.15, -0.1) is 0 Å².